The molecular weight excluding hydrogens is 495 g/mol. The van der Waals surface area contributed by atoms with Crippen molar-refractivity contribution >= 4 is 27.3 Å². The predicted octanol–water partition coefficient (Wildman–Crippen LogP) is 5.07. The Labute approximate surface area is 218 Å². The van der Waals surface area contributed by atoms with Gasteiger partial charge in [-0.15, -0.1) is 0 Å². The van der Waals surface area contributed by atoms with Crippen LogP contribution < -0.4 is 5.32 Å². The first-order valence-corrected chi connectivity index (χ1v) is 13.9. The molecule has 1 saturated carbocycles. The molecule has 190 valence electrons. The van der Waals surface area contributed by atoms with E-state index >= 15 is 0 Å². The van der Waals surface area contributed by atoms with Crippen LogP contribution in [0.25, 0.3) is 0 Å². The van der Waals surface area contributed by atoms with Crippen LogP contribution in [-0.2, 0) is 10.1 Å². The molecule has 2 aliphatic rings. The molecular formula is C28H31FN2O3S2. The Kier molecular flexibility index (Phi) is 8.51. The van der Waals surface area contributed by atoms with Crippen molar-refractivity contribution in [1.82, 2.24) is 10.2 Å². The van der Waals surface area contributed by atoms with E-state index in [-0.39, 0.29) is 10.7 Å². The van der Waals surface area contributed by atoms with E-state index in [9.17, 15) is 12.8 Å². The Balaban J connectivity index is 0.000000233. The molecule has 5 nitrogen and oxygen atoms in total. The van der Waals surface area contributed by atoms with E-state index in [0.29, 0.717) is 5.92 Å². The molecule has 3 unspecified atom stereocenters. The fraction of sp³-hybridized carbons (Fsp3) is 0.321. The molecule has 1 heterocycles. The summed E-state index contributed by atoms with van der Waals surface area (Å²) in [6.45, 7) is 6.08. The first kappa shape index (κ1) is 26.4. The maximum absolute atomic E-state index is 13.1. The van der Waals surface area contributed by atoms with Crippen molar-refractivity contribution < 1.29 is 17.4 Å². The van der Waals surface area contributed by atoms with Crippen molar-refractivity contribution in [3.05, 3.63) is 101 Å². The molecule has 1 aliphatic carbocycles. The highest BCUT2D eigenvalue weighted by Gasteiger charge is 2.47. The number of nitrogens with zero attached hydrogens (tertiary/aromatic N) is 1. The standard InChI is InChI=1S/C21H23FN2S.C7H8O3S/c22-18-8-6-15(7-9-18)19-12-17-13-24(14-20(17)19)11-10-23-21(25)16-4-2-1-3-5-16;1-6-2-4-7(5-3-6)11(8,9)10/h1-9,17,19-20H,10-14H2,(H,23,25);2-5H,1H3,(H,8,9,10). The summed E-state index contributed by atoms with van der Waals surface area (Å²) in [7, 11) is -4.02. The highest BCUT2D eigenvalue weighted by Crippen LogP contribution is 2.51. The van der Waals surface area contributed by atoms with Crippen molar-refractivity contribution in [2.24, 2.45) is 11.8 Å². The van der Waals surface area contributed by atoms with E-state index in [0.717, 1.165) is 47.6 Å². The quantitative estimate of drug-likeness (QED) is 0.345. The molecule has 0 spiro atoms. The molecule has 1 saturated heterocycles. The number of benzene rings is 3. The van der Waals surface area contributed by atoms with Gasteiger partial charge < -0.3 is 10.2 Å². The molecule has 36 heavy (non-hydrogen) atoms. The fourth-order valence-corrected chi connectivity index (χ4v) is 5.72. The number of rotatable bonds is 6. The summed E-state index contributed by atoms with van der Waals surface area (Å²) in [5.74, 6) is 1.99. The Morgan fingerprint density at radius 1 is 1.03 bits per heavy atom. The van der Waals surface area contributed by atoms with Crippen LogP contribution in [0.3, 0.4) is 0 Å². The summed E-state index contributed by atoms with van der Waals surface area (Å²) in [4.78, 5) is 3.30. The van der Waals surface area contributed by atoms with Crippen molar-refractivity contribution in [1.29, 1.82) is 0 Å². The largest absolute Gasteiger partial charge is 0.375 e. The highest BCUT2D eigenvalue weighted by molar-refractivity contribution is 7.85. The zero-order chi connectivity index (χ0) is 25.7. The number of hydrogen-bond donors (Lipinski definition) is 2. The average Bonchev–Trinajstić information content (AvgIpc) is 3.16. The zero-order valence-electron chi connectivity index (χ0n) is 20.2. The third-order valence-electron chi connectivity index (χ3n) is 7.01. The minimum Gasteiger partial charge on any atom is -0.375 e. The maximum atomic E-state index is 13.1. The lowest BCUT2D eigenvalue weighted by molar-refractivity contribution is 0.191. The molecule has 5 rings (SSSR count). The molecule has 3 aromatic rings. The lowest BCUT2D eigenvalue weighted by atomic mass is 9.64. The van der Waals surface area contributed by atoms with Gasteiger partial charge in [0, 0.05) is 31.7 Å². The SMILES string of the molecule is Cc1ccc(S(=O)(=O)O)cc1.Fc1ccc(C2CC3CN(CCNC(=S)c4ccccc4)CC32)cc1. The van der Waals surface area contributed by atoms with Gasteiger partial charge in [0.25, 0.3) is 10.1 Å². The van der Waals surface area contributed by atoms with Crippen LogP contribution in [-0.4, -0.2) is 49.0 Å². The zero-order valence-corrected chi connectivity index (χ0v) is 21.8. The van der Waals surface area contributed by atoms with Crippen molar-refractivity contribution in [2.75, 3.05) is 26.2 Å². The van der Waals surface area contributed by atoms with E-state index in [2.05, 4.69) is 10.2 Å². The van der Waals surface area contributed by atoms with Gasteiger partial charge in [-0.3, -0.25) is 4.55 Å². The molecule has 0 radical (unpaired) electrons. The normalized spacial score (nSPS) is 21.0. The summed E-state index contributed by atoms with van der Waals surface area (Å²) in [5, 5.41) is 3.37. The average molecular weight is 527 g/mol. The van der Waals surface area contributed by atoms with Gasteiger partial charge in [0.2, 0.25) is 0 Å². The van der Waals surface area contributed by atoms with E-state index in [4.69, 9.17) is 16.8 Å². The van der Waals surface area contributed by atoms with Crippen LogP contribution >= 0.6 is 12.2 Å². The predicted molar refractivity (Wildman–Crippen MR) is 144 cm³/mol. The Morgan fingerprint density at radius 2 is 1.69 bits per heavy atom. The van der Waals surface area contributed by atoms with Gasteiger partial charge in [0.1, 0.15) is 10.8 Å². The summed E-state index contributed by atoms with van der Waals surface area (Å²) in [5.41, 5.74) is 3.33. The van der Waals surface area contributed by atoms with Gasteiger partial charge in [0.15, 0.2) is 0 Å². The lowest BCUT2D eigenvalue weighted by Crippen LogP contribution is -2.34. The lowest BCUT2D eigenvalue weighted by Gasteiger charge is -2.40. The first-order chi connectivity index (χ1) is 17.2. The first-order valence-electron chi connectivity index (χ1n) is 12.1. The Hall–Kier alpha value is -2.65. The minimum absolute atomic E-state index is 0.0666. The maximum Gasteiger partial charge on any atom is 0.294 e. The van der Waals surface area contributed by atoms with E-state index in [1.807, 2.05) is 49.4 Å². The molecule has 3 atom stereocenters. The second-order valence-corrected chi connectivity index (χ2v) is 11.3. The van der Waals surface area contributed by atoms with E-state index in [1.165, 1.54) is 30.7 Å². The van der Waals surface area contributed by atoms with Gasteiger partial charge in [-0.1, -0.05) is 72.4 Å². The summed E-state index contributed by atoms with van der Waals surface area (Å²) < 4.78 is 42.7. The van der Waals surface area contributed by atoms with Crippen molar-refractivity contribution in [2.45, 2.75) is 24.2 Å². The second kappa shape index (κ2) is 11.6. The molecule has 2 fully saturated rings. The summed E-state index contributed by atoms with van der Waals surface area (Å²) >= 11 is 5.45. The number of halogens is 1. The van der Waals surface area contributed by atoms with Gasteiger partial charge in [-0.05, 0) is 60.9 Å². The van der Waals surface area contributed by atoms with Crippen LogP contribution in [0.5, 0.6) is 0 Å². The van der Waals surface area contributed by atoms with Crippen molar-refractivity contribution in [3.8, 4) is 0 Å². The number of likely N-dealkylation sites (tertiary alicyclic amines) is 1. The van der Waals surface area contributed by atoms with Crippen LogP contribution in [0.15, 0.2) is 83.8 Å². The molecule has 8 heteroatoms. The van der Waals surface area contributed by atoms with Crippen molar-refractivity contribution in [3.63, 3.8) is 0 Å². The minimum atomic E-state index is -4.02. The molecule has 0 aromatic heterocycles. The number of fused-ring (bicyclic) bond motifs is 1. The molecule has 0 bridgehead atoms. The monoisotopic (exact) mass is 526 g/mol. The van der Waals surface area contributed by atoms with Crippen LogP contribution in [0.1, 0.15) is 29.0 Å². The molecule has 3 aromatic carbocycles. The number of aryl methyl sites for hydroxylation is 1. The fourth-order valence-electron chi connectivity index (χ4n) is 5.00. The second-order valence-electron chi connectivity index (χ2n) is 9.49. The molecule has 2 N–H and O–H groups in total. The molecule has 1 aliphatic heterocycles. The van der Waals surface area contributed by atoms with Gasteiger partial charge in [-0.25, -0.2) is 4.39 Å². The third-order valence-corrected chi connectivity index (χ3v) is 8.26. The topological polar surface area (TPSA) is 69.6 Å². The number of nitrogens with one attached hydrogen (secondary N) is 1. The number of thiocarbonyl (C=S) groups is 1. The summed E-state index contributed by atoms with van der Waals surface area (Å²) in [6, 6.07) is 23.2. The summed E-state index contributed by atoms with van der Waals surface area (Å²) in [6.07, 6.45) is 1.24. The smallest absolute Gasteiger partial charge is 0.294 e. The van der Waals surface area contributed by atoms with Gasteiger partial charge >= 0.3 is 0 Å². The van der Waals surface area contributed by atoms with Gasteiger partial charge in [-0.2, -0.15) is 8.42 Å². The van der Waals surface area contributed by atoms with Crippen LogP contribution in [0.4, 0.5) is 4.39 Å². The van der Waals surface area contributed by atoms with Gasteiger partial charge in [0.05, 0.1) is 4.90 Å². The Bertz CT molecular complexity index is 1270. The van der Waals surface area contributed by atoms with E-state index in [1.54, 1.807) is 24.3 Å². The molecule has 0 amide bonds. The third kappa shape index (κ3) is 6.76. The van der Waals surface area contributed by atoms with Crippen LogP contribution in [0, 0.1) is 24.6 Å². The number of hydrogen-bond acceptors (Lipinski definition) is 4. The Morgan fingerprint density at radius 3 is 2.33 bits per heavy atom. The van der Waals surface area contributed by atoms with E-state index < -0.39 is 10.1 Å². The highest BCUT2D eigenvalue weighted by atomic mass is 32.2. The van der Waals surface area contributed by atoms with Crippen LogP contribution in [0.2, 0.25) is 0 Å².